The van der Waals surface area contributed by atoms with Crippen LogP contribution in [0.15, 0.2) is 24.3 Å². The highest BCUT2D eigenvalue weighted by Crippen LogP contribution is 2.25. The molecule has 1 aromatic carbocycles. The maximum absolute atomic E-state index is 10.2. The van der Waals surface area contributed by atoms with Gasteiger partial charge in [0.1, 0.15) is 5.75 Å². The van der Waals surface area contributed by atoms with Crippen LogP contribution < -0.4 is 4.31 Å². The van der Waals surface area contributed by atoms with Crippen molar-refractivity contribution < 1.29 is 9.90 Å². The highest BCUT2D eigenvalue weighted by molar-refractivity contribution is 7.82. The number of thiol groups is 1. The summed E-state index contributed by atoms with van der Waals surface area (Å²) in [7, 11) is 0. The van der Waals surface area contributed by atoms with Gasteiger partial charge >= 0.3 is 0 Å². The number of nitrogens with zero attached hydrogens (tertiary/aromatic N) is 1. The summed E-state index contributed by atoms with van der Waals surface area (Å²) < 4.78 is 1.01. The van der Waals surface area contributed by atoms with Crippen LogP contribution in [0.3, 0.4) is 0 Å². The number of carbonyl (C=O) groups excluding carboxylic acids is 1. The Bertz CT molecular complexity index is 264. The fraction of sp³-hybridized carbons (Fsp3) is 0. The van der Waals surface area contributed by atoms with Gasteiger partial charge in [-0.1, -0.05) is 24.9 Å². The van der Waals surface area contributed by atoms with Gasteiger partial charge in [0.05, 0.1) is 5.69 Å². The lowest BCUT2D eigenvalue weighted by Crippen LogP contribution is -2.05. The van der Waals surface area contributed by atoms with Crippen molar-refractivity contribution in [3.8, 4) is 5.75 Å². The molecule has 0 unspecified atom stereocenters. The third-order valence-corrected chi connectivity index (χ3v) is 1.54. The Labute approximate surface area is 69.8 Å². The van der Waals surface area contributed by atoms with E-state index in [1.807, 2.05) is 0 Å². The van der Waals surface area contributed by atoms with Gasteiger partial charge in [0, 0.05) is 0 Å². The number of phenolic OH excluding ortho intramolecular Hbond substituents is 1. The number of carbonyl (C=O) groups is 1. The van der Waals surface area contributed by atoms with Crippen LogP contribution in [0.1, 0.15) is 0 Å². The van der Waals surface area contributed by atoms with Crippen LogP contribution in [0.2, 0.25) is 0 Å². The summed E-state index contributed by atoms with van der Waals surface area (Å²) in [5.41, 5.74) is 0.380. The molecule has 1 N–H and O–H groups in total. The highest BCUT2D eigenvalue weighted by atomic mass is 32.1. The molecule has 0 bridgehead atoms. The predicted molar refractivity (Wildman–Crippen MR) is 45.6 cm³/mol. The zero-order chi connectivity index (χ0) is 8.27. The fourth-order valence-corrected chi connectivity index (χ4v) is 0.884. The van der Waals surface area contributed by atoms with E-state index in [0.29, 0.717) is 12.1 Å². The van der Waals surface area contributed by atoms with Crippen LogP contribution >= 0.6 is 12.8 Å². The topological polar surface area (TPSA) is 40.5 Å². The Balaban J connectivity index is 3.02. The Morgan fingerprint density at radius 1 is 1.45 bits per heavy atom. The van der Waals surface area contributed by atoms with Gasteiger partial charge in [0.25, 0.3) is 0 Å². The van der Waals surface area contributed by atoms with E-state index < -0.39 is 0 Å². The molecule has 0 heterocycles. The number of phenols is 1. The van der Waals surface area contributed by atoms with Gasteiger partial charge in [0.15, 0.2) is 0 Å². The molecule has 1 amide bonds. The molecule has 0 aliphatic carbocycles. The number of aromatic hydroxyl groups is 1. The van der Waals surface area contributed by atoms with Crippen LogP contribution in [-0.4, -0.2) is 11.5 Å². The zero-order valence-electron chi connectivity index (χ0n) is 5.64. The summed E-state index contributed by atoms with van der Waals surface area (Å²) in [6.45, 7) is 0. The van der Waals surface area contributed by atoms with Crippen LogP contribution in [0, 0.1) is 0 Å². The Morgan fingerprint density at radius 2 is 2.09 bits per heavy atom. The van der Waals surface area contributed by atoms with Crippen molar-refractivity contribution in [2.45, 2.75) is 0 Å². The summed E-state index contributed by atoms with van der Waals surface area (Å²) in [6, 6.07) is 6.46. The number of hydrogen-bond acceptors (Lipinski definition) is 3. The Kier molecular flexibility index (Phi) is 2.38. The third-order valence-electron chi connectivity index (χ3n) is 1.23. The van der Waals surface area contributed by atoms with Gasteiger partial charge in [-0.15, -0.1) is 0 Å². The minimum Gasteiger partial charge on any atom is -0.506 e. The maximum Gasteiger partial charge on any atom is 0.224 e. The van der Waals surface area contributed by atoms with E-state index in [-0.39, 0.29) is 5.75 Å². The van der Waals surface area contributed by atoms with Crippen LogP contribution in [-0.2, 0) is 4.79 Å². The smallest absolute Gasteiger partial charge is 0.224 e. The fourth-order valence-electron chi connectivity index (χ4n) is 0.715. The molecule has 0 fully saturated rings. The number of rotatable bonds is 2. The van der Waals surface area contributed by atoms with Crippen LogP contribution in [0.5, 0.6) is 5.75 Å². The van der Waals surface area contributed by atoms with Crippen LogP contribution in [0.25, 0.3) is 0 Å². The summed E-state index contributed by atoms with van der Waals surface area (Å²) in [4.78, 5) is 10.2. The van der Waals surface area contributed by atoms with Gasteiger partial charge in [-0.3, -0.25) is 9.10 Å². The molecule has 3 nitrogen and oxygen atoms in total. The SMILES string of the molecule is O=CN(S)c1ccccc1O. The largest absolute Gasteiger partial charge is 0.506 e. The minimum atomic E-state index is 0.0367. The molecular formula is C7H7NO2S. The number of benzene rings is 1. The van der Waals surface area contributed by atoms with Gasteiger partial charge < -0.3 is 5.11 Å². The first-order valence-electron chi connectivity index (χ1n) is 2.97. The monoisotopic (exact) mass is 169 g/mol. The van der Waals surface area contributed by atoms with Gasteiger partial charge in [0.2, 0.25) is 6.41 Å². The number of anilines is 1. The zero-order valence-corrected chi connectivity index (χ0v) is 6.53. The van der Waals surface area contributed by atoms with Crippen molar-refractivity contribution in [1.82, 2.24) is 0 Å². The van der Waals surface area contributed by atoms with Crippen molar-refractivity contribution in [1.29, 1.82) is 0 Å². The Morgan fingerprint density at radius 3 is 2.64 bits per heavy atom. The second-order valence-electron chi connectivity index (χ2n) is 1.94. The third kappa shape index (κ3) is 1.65. The molecule has 0 saturated carbocycles. The summed E-state index contributed by atoms with van der Waals surface area (Å²) in [5, 5.41) is 9.16. The molecule has 11 heavy (non-hydrogen) atoms. The maximum atomic E-state index is 10.2. The lowest BCUT2D eigenvalue weighted by Gasteiger charge is -2.09. The normalized spacial score (nSPS) is 9.18. The molecule has 0 aromatic heterocycles. The summed E-state index contributed by atoms with van der Waals surface area (Å²) in [6.07, 6.45) is 0.512. The lowest BCUT2D eigenvalue weighted by molar-refractivity contribution is -0.106. The van der Waals surface area contributed by atoms with Crippen molar-refractivity contribution >= 4 is 24.9 Å². The van der Waals surface area contributed by atoms with E-state index in [2.05, 4.69) is 12.8 Å². The molecule has 0 aliphatic rings. The minimum absolute atomic E-state index is 0.0367. The van der Waals surface area contributed by atoms with Gasteiger partial charge in [-0.2, -0.15) is 0 Å². The van der Waals surface area contributed by atoms with Crippen molar-refractivity contribution in [2.75, 3.05) is 4.31 Å². The van der Waals surface area contributed by atoms with E-state index in [0.717, 1.165) is 4.31 Å². The average molecular weight is 169 g/mol. The van der Waals surface area contributed by atoms with E-state index in [1.54, 1.807) is 18.2 Å². The summed E-state index contributed by atoms with van der Waals surface area (Å²) >= 11 is 3.79. The average Bonchev–Trinajstić information content (AvgIpc) is 2.04. The molecule has 0 aliphatic heterocycles. The molecular weight excluding hydrogens is 162 g/mol. The van der Waals surface area contributed by atoms with E-state index >= 15 is 0 Å². The molecule has 1 rings (SSSR count). The lowest BCUT2D eigenvalue weighted by atomic mass is 10.3. The first kappa shape index (κ1) is 7.94. The van der Waals surface area contributed by atoms with E-state index in [9.17, 15) is 4.79 Å². The number of para-hydroxylation sites is 2. The standard InChI is InChI=1S/C7H7NO2S/c9-5-8(11)6-3-1-2-4-7(6)10/h1-5,10-11H. The molecule has 0 saturated heterocycles. The Hall–Kier alpha value is -1.16. The van der Waals surface area contributed by atoms with Gasteiger partial charge in [-0.05, 0) is 12.1 Å². The second kappa shape index (κ2) is 3.30. The molecule has 1 aromatic rings. The first-order chi connectivity index (χ1) is 5.25. The molecule has 4 heteroatoms. The second-order valence-corrected chi connectivity index (χ2v) is 2.37. The molecule has 0 spiro atoms. The van der Waals surface area contributed by atoms with Crippen molar-refractivity contribution in [3.63, 3.8) is 0 Å². The van der Waals surface area contributed by atoms with Gasteiger partial charge in [-0.25, -0.2) is 0 Å². The first-order valence-corrected chi connectivity index (χ1v) is 3.37. The number of amides is 1. The molecule has 0 atom stereocenters. The van der Waals surface area contributed by atoms with Crippen LogP contribution in [0.4, 0.5) is 5.69 Å². The molecule has 58 valence electrons. The van der Waals surface area contributed by atoms with E-state index in [1.165, 1.54) is 6.07 Å². The summed E-state index contributed by atoms with van der Waals surface area (Å²) in [5.74, 6) is 0.0367. The molecule has 0 radical (unpaired) electrons. The van der Waals surface area contributed by atoms with Crippen molar-refractivity contribution in [3.05, 3.63) is 24.3 Å². The van der Waals surface area contributed by atoms with E-state index in [4.69, 9.17) is 5.11 Å². The predicted octanol–water partition coefficient (Wildman–Crippen LogP) is 1.20. The quantitative estimate of drug-likeness (QED) is 0.516. The van der Waals surface area contributed by atoms with Crippen molar-refractivity contribution in [2.24, 2.45) is 0 Å². The highest BCUT2D eigenvalue weighted by Gasteiger charge is 2.03. The number of hydrogen-bond donors (Lipinski definition) is 2.